The van der Waals surface area contributed by atoms with Crippen molar-refractivity contribution >= 4 is 44.7 Å². The van der Waals surface area contributed by atoms with Gasteiger partial charge in [0, 0.05) is 42.2 Å². The molecule has 0 N–H and O–H groups in total. The first-order valence-corrected chi connectivity index (χ1v) is 11.0. The summed E-state index contributed by atoms with van der Waals surface area (Å²) >= 11 is 3.46. The average molecular weight is 407 g/mol. The zero-order valence-corrected chi connectivity index (χ0v) is 17.7. The molecule has 4 nitrogen and oxygen atoms in total. The zero-order valence-electron chi connectivity index (χ0n) is 16.1. The molecule has 6 heteroatoms. The first-order valence-electron chi connectivity index (χ1n) is 9.35. The van der Waals surface area contributed by atoms with Crippen LogP contribution in [0, 0.1) is 12.3 Å². The summed E-state index contributed by atoms with van der Waals surface area (Å²) in [5.74, 6) is 2.54. The van der Waals surface area contributed by atoms with Crippen LogP contribution in [0.25, 0.3) is 15.8 Å². The number of fused-ring (bicyclic) bond motifs is 2. The summed E-state index contributed by atoms with van der Waals surface area (Å²) in [7, 11) is 0. The molecule has 1 unspecified atom stereocenters. The summed E-state index contributed by atoms with van der Waals surface area (Å²) in [6.07, 6.45) is 10.2. The van der Waals surface area contributed by atoms with Gasteiger partial charge in [-0.3, -0.25) is 9.89 Å². The van der Waals surface area contributed by atoms with Crippen molar-refractivity contribution in [2.45, 2.75) is 32.9 Å². The Bertz CT molecular complexity index is 1080. The van der Waals surface area contributed by atoms with E-state index in [1.807, 2.05) is 24.7 Å². The molecule has 1 atom stereocenters. The predicted molar refractivity (Wildman–Crippen MR) is 120 cm³/mol. The molecular weight excluding hydrogens is 384 g/mol. The molecule has 4 rings (SSSR count). The molecule has 0 fully saturated rings. The van der Waals surface area contributed by atoms with Crippen LogP contribution >= 0.6 is 22.7 Å². The molecule has 0 spiro atoms. The number of nitrogens with zero attached hydrogens (tertiary/aromatic N) is 4. The van der Waals surface area contributed by atoms with E-state index < -0.39 is 0 Å². The van der Waals surface area contributed by atoms with Crippen molar-refractivity contribution in [2.75, 3.05) is 13.1 Å². The van der Waals surface area contributed by atoms with E-state index in [2.05, 4.69) is 45.9 Å². The predicted octanol–water partition coefficient (Wildman–Crippen LogP) is 4.98. The Morgan fingerprint density at radius 2 is 2.36 bits per heavy atom. The van der Waals surface area contributed by atoms with Crippen LogP contribution in [0.5, 0.6) is 0 Å². The fraction of sp³-hybridized carbons (Fsp3) is 0.318. The molecule has 142 valence electrons. The van der Waals surface area contributed by atoms with Crippen molar-refractivity contribution in [3.63, 3.8) is 0 Å². The number of aliphatic imine (C=N–C) groups is 1. The van der Waals surface area contributed by atoms with Crippen molar-refractivity contribution in [2.24, 2.45) is 4.99 Å². The first-order chi connectivity index (χ1) is 13.7. The Labute approximate surface area is 173 Å². The molecule has 0 saturated heterocycles. The van der Waals surface area contributed by atoms with Crippen LogP contribution in [0.1, 0.15) is 41.0 Å². The van der Waals surface area contributed by atoms with Gasteiger partial charge < -0.3 is 0 Å². The summed E-state index contributed by atoms with van der Waals surface area (Å²) in [5, 5.41) is 1.03. The topological polar surface area (TPSA) is 41.4 Å². The highest BCUT2D eigenvalue weighted by Crippen LogP contribution is 2.33. The molecule has 1 aliphatic rings. The highest BCUT2D eigenvalue weighted by molar-refractivity contribution is 7.16. The van der Waals surface area contributed by atoms with E-state index in [1.54, 1.807) is 22.7 Å². The Balaban J connectivity index is 1.53. The quantitative estimate of drug-likeness (QED) is 0.443. The van der Waals surface area contributed by atoms with E-state index in [0.29, 0.717) is 12.6 Å². The third kappa shape index (κ3) is 3.79. The van der Waals surface area contributed by atoms with E-state index in [9.17, 15) is 0 Å². The van der Waals surface area contributed by atoms with Gasteiger partial charge in [-0.25, -0.2) is 9.97 Å². The highest BCUT2D eigenvalue weighted by atomic mass is 32.1. The monoisotopic (exact) mass is 406 g/mol. The lowest BCUT2D eigenvalue weighted by Crippen LogP contribution is -2.32. The summed E-state index contributed by atoms with van der Waals surface area (Å²) in [4.78, 5) is 17.5. The SMILES string of the molecule is C#CC/N=C\C(=C/C)c1nc2c(s1)CN(C(C)c1ccc3scnc3c1)CC2. The van der Waals surface area contributed by atoms with E-state index >= 15 is 0 Å². The van der Waals surface area contributed by atoms with Crippen LogP contribution in [-0.2, 0) is 13.0 Å². The zero-order chi connectivity index (χ0) is 19.5. The van der Waals surface area contributed by atoms with Crippen LogP contribution in [0.3, 0.4) is 0 Å². The van der Waals surface area contributed by atoms with Crippen molar-refractivity contribution < 1.29 is 0 Å². The maximum atomic E-state index is 5.29. The molecule has 0 aliphatic carbocycles. The molecule has 2 aromatic heterocycles. The number of benzene rings is 1. The van der Waals surface area contributed by atoms with Gasteiger partial charge in [-0.2, -0.15) is 0 Å². The lowest BCUT2D eigenvalue weighted by molar-refractivity contribution is 0.193. The molecule has 0 amide bonds. The van der Waals surface area contributed by atoms with Gasteiger partial charge in [-0.05, 0) is 31.5 Å². The smallest absolute Gasteiger partial charge is 0.125 e. The van der Waals surface area contributed by atoms with Crippen molar-refractivity contribution in [3.8, 4) is 12.3 Å². The number of allylic oxidation sites excluding steroid dienone is 2. The molecule has 0 saturated carbocycles. The van der Waals surface area contributed by atoms with Crippen molar-refractivity contribution in [1.29, 1.82) is 0 Å². The largest absolute Gasteiger partial charge is 0.291 e. The standard InChI is InChI=1S/C22H22N4S2/c1-4-9-23-12-16(5-2)22-25-18-8-10-26(13-21(18)28-22)15(3)17-6-7-20-19(11-17)24-14-27-20/h1,5-7,11-12,14-15H,8-10,13H2,2-3H3/b16-5+,23-12-. The molecule has 3 aromatic rings. The van der Waals surface area contributed by atoms with Gasteiger partial charge in [0.05, 0.1) is 28.0 Å². The average Bonchev–Trinajstić information content (AvgIpc) is 3.36. The Hall–Kier alpha value is -2.33. The van der Waals surface area contributed by atoms with Gasteiger partial charge in [0.2, 0.25) is 0 Å². The summed E-state index contributed by atoms with van der Waals surface area (Å²) in [6.45, 7) is 6.65. The van der Waals surface area contributed by atoms with Gasteiger partial charge >= 0.3 is 0 Å². The number of hydrogen-bond acceptors (Lipinski definition) is 6. The van der Waals surface area contributed by atoms with E-state index in [0.717, 1.165) is 35.6 Å². The molecule has 28 heavy (non-hydrogen) atoms. The minimum Gasteiger partial charge on any atom is -0.291 e. The number of thiazole rings is 2. The number of terminal acetylenes is 1. The fourth-order valence-corrected chi connectivity index (χ4v) is 5.30. The highest BCUT2D eigenvalue weighted by Gasteiger charge is 2.25. The van der Waals surface area contributed by atoms with E-state index in [1.165, 1.54) is 20.8 Å². The van der Waals surface area contributed by atoms with Crippen molar-refractivity contribution in [3.05, 3.63) is 50.9 Å². The molecule has 3 heterocycles. The summed E-state index contributed by atoms with van der Waals surface area (Å²) in [6, 6.07) is 7.00. The Morgan fingerprint density at radius 1 is 1.46 bits per heavy atom. The maximum Gasteiger partial charge on any atom is 0.125 e. The molecule has 1 aromatic carbocycles. The number of hydrogen-bond donors (Lipinski definition) is 0. The van der Waals surface area contributed by atoms with Crippen LogP contribution in [-0.4, -0.2) is 34.2 Å². The molecule has 1 aliphatic heterocycles. The normalized spacial score (nSPS) is 16.4. The van der Waals surface area contributed by atoms with Gasteiger partial charge in [0.1, 0.15) is 5.01 Å². The second kappa shape index (κ2) is 8.36. The van der Waals surface area contributed by atoms with Gasteiger partial charge in [-0.15, -0.1) is 29.1 Å². The second-order valence-corrected chi connectivity index (χ2v) is 8.75. The van der Waals surface area contributed by atoms with Crippen LogP contribution in [0.15, 0.2) is 34.8 Å². The maximum absolute atomic E-state index is 5.29. The summed E-state index contributed by atoms with van der Waals surface area (Å²) < 4.78 is 1.24. The molecule has 0 radical (unpaired) electrons. The van der Waals surface area contributed by atoms with Crippen molar-refractivity contribution in [1.82, 2.24) is 14.9 Å². The lowest BCUT2D eigenvalue weighted by atomic mass is 10.0. The summed E-state index contributed by atoms with van der Waals surface area (Å²) in [5.41, 5.74) is 6.60. The first kappa shape index (κ1) is 19.0. The lowest BCUT2D eigenvalue weighted by Gasteiger charge is -2.32. The van der Waals surface area contributed by atoms with Gasteiger partial charge in [-0.1, -0.05) is 18.1 Å². The minimum atomic E-state index is 0.350. The second-order valence-electron chi connectivity index (χ2n) is 6.78. The van der Waals surface area contributed by atoms with Crippen LogP contribution in [0.2, 0.25) is 0 Å². The van der Waals surface area contributed by atoms with Crippen LogP contribution in [0.4, 0.5) is 0 Å². The Kier molecular flexibility index (Phi) is 5.67. The number of aromatic nitrogens is 2. The minimum absolute atomic E-state index is 0.350. The van der Waals surface area contributed by atoms with Gasteiger partial charge in [0.15, 0.2) is 0 Å². The fourth-order valence-electron chi connectivity index (χ4n) is 3.46. The molecule has 0 bridgehead atoms. The number of rotatable bonds is 5. The molecular formula is C22H22N4S2. The van der Waals surface area contributed by atoms with Crippen LogP contribution < -0.4 is 0 Å². The van der Waals surface area contributed by atoms with E-state index in [-0.39, 0.29) is 0 Å². The van der Waals surface area contributed by atoms with E-state index in [4.69, 9.17) is 11.4 Å². The van der Waals surface area contributed by atoms with Gasteiger partial charge in [0.25, 0.3) is 0 Å². The Morgan fingerprint density at radius 3 is 3.18 bits per heavy atom. The third-order valence-electron chi connectivity index (χ3n) is 5.12. The third-order valence-corrected chi connectivity index (χ3v) is 7.06.